The summed E-state index contributed by atoms with van der Waals surface area (Å²) in [5.74, 6) is 0.285. The zero-order chi connectivity index (χ0) is 17.8. The number of amides is 2. The van der Waals surface area contributed by atoms with Crippen LogP contribution in [-0.4, -0.2) is 34.8 Å². The molecule has 0 aliphatic carbocycles. The predicted molar refractivity (Wildman–Crippen MR) is 106 cm³/mol. The first-order valence-corrected chi connectivity index (χ1v) is 9.30. The molecule has 3 rings (SSSR count). The lowest BCUT2D eigenvalue weighted by molar-refractivity contribution is 0.0698. The van der Waals surface area contributed by atoms with Gasteiger partial charge < -0.3 is 16.0 Å². The minimum absolute atomic E-state index is 0. The molecule has 140 valence electrons. The van der Waals surface area contributed by atoms with Gasteiger partial charge in [-0.25, -0.2) is 4.98 Å². The van der Waals surface area contributed by atoms with Crippen LogP contribution in [0.1, 0.15) is 45.6 Å². The van der Waals surface area contributed by atoms with Gasteiger partial charge in [0.05, 0.1) is 11.3 Å². The number of aromatic nitrogens is 1. The van der Waals surface area contributed by atoms with Gasteiger partial charge in [-0.3, -0.25) is 9.59 Å². The van der Waals surface area contributed by atoms with Gasteiger partial charge in [-0.2, -0.15) is 0 Å². The number of halogens is 1. The lowest BCUT2D eigenvalue weighted by atomic mass is 9.98. The van der Waals surface area contributed by atoms with Crippen molar-refractivity contribution in [2.45, 2.75) is 26.3 Å². The number of hydrogen-bond acceptors (Lipinski definition) is 5. The molecule has 0 unspecified atom stereocenters. The molecular weight excluding hydrogens is 372 g/mol. The fraction of sp³-hybridized carbons (Fsp3) is 0.389. The molecule has 1 aliphatic heterocycles. The quantitative estimate of drug-likeness (QED) is 0.833. The highest BCUT2D eigenvalue weighted by Gasteiger charge is 2.24. The monoisotopic (exact) mass is 394 g/mol. The van der Waals surface area contributed by atoms with E-state index < -0.39 is 0 Å². The molecule has 1 aliphatic rings. The topological polar surface area (TPSA) is 88.3 Å². The van der Waals surface area contributed by atoms with Crippen LogP contribution in [0.25, 0.3) is 0 Å². The second-order valence-corrected chi connectivity index (χ2v) is 7.25. The molecule has 2 aromatic rings. The summed E-state index contributed by atoms with van der Waals surface area (Å²) in [5, 5.41) is 5.19. The third-order valence-corrected chi connectivity index (χ3v) is 5.31. The van der Waals surface area contributed by atoms with Crippen LogP contribution in [0, 0.1) is 5.92 Å². The minimum Gasteiger partial charge on any atom is -0.339 e. The van der Waals surface area contributed by atoms with E-state index in [1.807, 2.05) is 11.0 Å². The van der Waals surface area contributed by atoms with Crippen LogP contribution < -0.4 is 11.1 Å². The van der Waals surface area contributed by atoms with Crippen LogP contribution in [0.2, 0.25) is 0 Å². The number of nitrogens with zero attached hydrogens (tertiary/aromatic N) is 2. The van der Waals surface area contributed by atoms with E-state index in [0.717, 1.165) is 25.9 Å². The van der Waals surface area contributed by atoms with E-state index in [4.69, 9.17) is 5.73 Å². The fourth-order valence-corrected chi connectivity index (χ4v) is 3.51. The highest BCUT2D eigenvalue weighted by atomic mass is 35.5. The Morgan fingerprint density at radius 1 is 1.31 bits per heavy atom. The van der Waals surface area contributed by atoms with Crippen LogP contribution in [-0.2, 0) is 6.54 Å². The molecule has 1 fully saturated rings. The molecule has 26 heavy (non-hydrogen) atoms. The Morgan fingerprint density at radius 2 is 2.00 bits per heavy atom. The Bertz CT molecular complexity index is 772. The van der Waals surface area contributed by atoms with Crippen molar-refractivity contribution in [1.82, 2.24) is 9.88 Å². The molecule has 8 heteroatoms. The average Bonchev–Trinajstić information content (AvgIpc) is 3.12. The van der Waals surface area contributed by atoms with E-state index in [2.05, 4.69) is 17.2 Å². The third kappa shape index (κ3) is 4.60. The Morgan fingerprint density at radius 3 is 2.65 bits per heavy atom. The van der Waals surface area contributed by atoms with E-state index in [0.29, 0.717) is 34.4 Å². The van der Waals surface area contributed by atoms with Crippen molar-refractivity contribution < 1.29 is 9.59 Å². The molecule has 0 radical (unpaired) electrons. The van der Waals surface area contributed by atoms with Crippen molar-refractivity contribution in [1.29, 1.82) is 0 Å². The molecule has 1 saturated heterocycles. The van der Waals surface area contributed by atoms with Gasteiger partial charge in [0.15, 0.2) is 0 Å². The van der Waals surface area contributed by atoms with Crippen LogP contribution in [0.5, 0.6) is 0 Å². The summed E-state index contributed by atoms with van der Waals surface area (Å²) in [4.78, 5) is 31.3. The van der Waals surface area contributed by atoms with Gasteiger partial charge >= 0.3 is 0 Å². The second kappa shape index (κ2) is 9.12. The maximum Gasteiger partial charge on any atom is 0.275 e. The normalized spacial score (nSPS) is 14.6. The Hall–Kier alpha value is -1.96. The van der Waals surface area contributed by atoms with Crippen LogP contribution >= 0.6 is 23.7 Å². The van der Waals surface area contributed by atoms with Gasteiger partial charge in [-0.1, -0.05) is 19.1 Å². The van der Waals surface area contributed by atoms with Crippen molar-refractivity contribution in [2.75, 3.05) is 18.4 Å². The zero-order valence-electron chi connectivity index (χ0n) is 14.6. The van der Waals surface area contributed by atoms with Crippen molar-refractivity contribution in [3.63, 3.8) is 0 Å². The molecule has 2 heterocycles. The third-order valence-electron chi connectivity index (χ3n) is 4.44. The number of benzene rings is 1. The smallest absolute Gasteiger partial charge is 0.275 e. The maximum absolute atomic E-state index is 12.8. The molecule has 1 aromatic carbocycles. The summed E-state index contributed by atoms with van der Waals surface area (Å²) in [7, 11) is 0. The van der Waals surface area contributed by atoms with E-state index in [-0.39, 0.29) is 24.2 Å². The van der Waals surface area contributed by atoms with Gasteiger partial charge in [0.25, 0.3) is 11.8 Å². The number of carbonyl (C=O) groups is 2. The molecule has 0 bridgehead atoms. The molecule has 2 amide bonds. The van der Waals surface area contributed by atoms with Crippen molar-refractivity contribution in [3.8, 4) is 0 Å². The number of nitrogens with one attached hydrogen (secondary N) is 1. The lowest BCUT2D eigenvalue weighted by Gasteiger charge is -2.30. The number of nitrogens with two attached hydrogens (primary N) is 1. The molecular formula is C18H23ClN4O2S. The summed E-state index contributed by atoms with van der Waals surface area (Å²) in [5.41, 5.74) is 6.88. The minimum atomic E-state index is -0.330. The first-order chi connectivity index (χ1) is 12.1. The van der Waals surface area contributed by atoms with Gasteiger partial charge in [0.2, 0.25) is 0 Å². The highest BCUT2D eigenvalue weighted by molar-refractivity contribution is 7.09. The van der Waals surface area contributed by atoms with E-state index in [1.54, 1.807) is 23.6 Å². The second-order valence-electron chi connectivity index (χ2n) is 6.31. The average molecular weight is 395 g/mol. The predicted octanol–water partition coefficient (Wildman–Crippen LogP) is 3.15. The number of piperidine rings is 1. The van der Waals surface area contributed by atoms with Crippen molar-refractivity contribution in [3.05, 3.63) is 45.9 Å². The van der Waals surface area contributed by atoms with E-state index >= 15 is 0 Å². The summed E-state index contributed by atoms with van der Waals surface area (Å²) < 4.78 is 0. The van der Waals surface area contributed by atoms with Crippen molar-refractivity contribution in [2.24, 2.45) is 11.7 Å². The van der Waals surface area contributed by atoms with Crippen molar-refractivity contribution >= 4 is 41.2 Å². The summed E-state index contributed by atoms with van der Waals surface area (Å²) in [6.07, 6.45) is 2.03. The number of likely N-dealkylation sites (tertiary alicyclic amines) is 1. The Labute approximate surface area is 163 Å². The van der Waals surface area contributed by atoms with Gasteiger partial charge in [0.1, 0.15) is 10.7 Å². The lowest BCUT2D eigenvalue weighted by Crippen LogP contribution is -2.38. The highest BCUT2D eigenvalue weighted by Crippen LogP contribution is 2.22. The summed E-state index contributed by atoms with van der Waals surface area (Å²) in [6.45, 7) is 4.03. The van der Waals surface area contributed by atoms with Gasteiger partial charge in [-0.05, 0) is 30.9 Å². The number of para-hydroxylation sites is 1. The first-order valence-electron chi connectivity index (χ1n) is 8.42. The number of thiazole rings is 1. The van der Waals surface area contributed by atoms with Crippen LogP contribution in [0.15, 0.2) is 29.6 Å². The number of hydrogen-bond donors (Lipinski definition) is 2. The Balaban J connectivity index is 0.00000243. The first kappa shape index (κ1) is 20.4. The fourth-order valence-electron chi connectivity index (χ4n) is 2.86. The molecule has 0 atom stereocenters. The standard InChI is InChI=1S/C18H22N4O2S.ClH/c1-12-6-8-22(9-7-12)18(24)13-4-2-3-5-14(13)21-17(23)15-11-25-16(10-19)20-15;/h2-5,11-12H,6-10,19H2,1H3,(H,21,23);1H. The number of anilines is 1. The molecule has 0 saturated carbocycles. The van der Waals surface area contributed by atoms with Crippen LogP contribution in [0.3, 0.4) is 0 Å². The number of rotatable bonds is 4. The molecule has 1 aromatic heterocycles. The van der Waals surface area contributed by atoms with Gasteiger partial charge in [-0.15, -0.1) is 23.7 Å². The zero-order valence-corrected chi connectivity index (χ0v) is 16.2. The largest absolute Gasteiger partial charge is 0.339 e. The van der Waals surface area contributed by atoms with E-state index in [9.17, 15) is 9.59 Å². The SMILES string of the molecule is CC1CCN(C(=O)c2ccccc2NC(=O)c2csc(CN)n2)CC1.Cl. The Kier molecular flexibility index (Phi) is 7.14. The summed E-state index contributed by atoms with van der Waals surface area (Å²) in [6, 6.07) is 7.11. The molecule has 6 nitrogen and oxygen atoms in total. The maximum atomic E-state index is 12.8. The summed E-state index contributed by atoms with van der Waals surface area (Å²) >= 11 is 1.35. The number of carbonyl (C=O) groups excluding carboxylic acids is 2. The molecule has 0 spiro atoms. The van der Waals surface area contributed by atoms with Gasteiger partial charge in [0, 0.05) is 25.0 Å². The molecule has 3 N–H and O–H groups in total. The van der Waals surface area contributed by atoms with Crippen LogP contribution in [0.4, 0.5) is 5.69 Å². The van der Waals surface area contributed by atoms with E-state index in [1.165, 1.54) is 11.3 Å².